The van der Waals surface area contributed by atoms with Crippen LogP contribution < -0.4 is 5.32 Å². The molecule has 0 saturated carbocycles. The molecule has 0 spiro atoms. The minimum Gasteiger partial charge on any atom is -0.351 e. The summed E-state index contributed by atoms with van der Waals surface area (Å²) in [5.41, 5.74) is 2.83. The van der Waals surface area contributed by atoms with Gasteiger partial charge < -0.3 is 9.88 Å². The predicted octanol–water partition coefficient (Wildman–Crippen LogP) is 3.90. The van der Waals surface area contributed by atoms with Crippen LogP contribution in [0.3, 0.4) is 0 Å². The van der Waals surface area contributed by atoms with Crippen LogP contribution in [0, 0.1) is 11.3 Å². The lowest BCUT2D eigenvalue weighted by atomic mass is 10.1. The van der Waals surface area contributed by atoms with Gasteiger partial charge in [-0.05, 0) is 31.5 Å². The molecule has 8 heteroatoms. The van der Waals surface area contributed by atoms with E-state index in [1.54, 1.807) is 16.8 Å². The normalized spacial score (nSPS) is 11.8. The average molecular weight is 439 g/mol. The van der Waals surface area contributed by atoms with Crippen LogP contribution in [0.25, 0.3) is 11.3 Å². The number of aromatic nitrogens is 4. The molecule has 0 fully saturated rings. The van der Waals surface area contributed by atoms with Crippen molar-refractivity contribution in [2.45, 2.75) is 52.1 Å². The third-order valence-corrected chi connectivity index (χ3v) is 5.33. The summed E-state index contributed by atoms with van der Waals surface area (Å²) in [6.45, 7) is 4.64. The van der Waals surface area contributed by atoms with Crippen molar-refractivity contribution < 1.29 is 4.79 Å². The standard InChI is InChI=1S/C23H27ClN6O/c1-4-5-6-22-27-19(15-29(22)3)12-23(31)26-16(2)14-30-10-9-21(28-30)17-7-8-18(13-25)20(24)11-17/h7-11,15-16H,4-6,12,14H2,1-3H3,(H,26,31)/t16-/m0/s1. The number of imidazole rings is 1. The molecule has 2 aromatic heterocycles. The number of nitriles is 1. The topological polar surface area (TPSA) is 88.5 Å². The molecule has 0 radical (unpaired) electrons. The highest BCUT2D eigenvalue weighted by Crippen LogP contribution is 2.24. The van der Waals surface area contributed by atoms with E-state index in [9.17, 15) is 4.79 Å². The number of carbonyl (C=O) groups is 1. The number of unbranched alkanes of at least 4 members (excludes halogenated alkanes) is 1. The summed E-state index contributed by atoms with van der Waals surface area (Å²) in [5, 5.41) is 17.0. The number of nitrogens with one attached hydrogen (secondary N) is 1. The number of halogens is 1. The first-order valence-electron chi connectivity index (χ1n) is 10.4. The summed E-state index contributed by atoms with van der Waals surface area (Å²) in [5.74, 6) is 0.962. The lowest BCUT2D eigenvalue weighted by Crippen LogP contribution is -2.36. The predicted molar refractivity (Wildman–Crippen MR) is 121 cm³/mol. The van der Waals surface area contributed by atoms with Crippen molar-refractivity contribution in [3.8, 4) is 17.3 Å². The fourth-order valence-corrected chi connectivity index (χ4v) is 3.65. The van der Waals surface area contributed by atoms with Gasteiger partial charge in [0.05, 0.1) is 34.9 Å². The molecule has 2 heterocycles. The van der Waals surface area contributed by atoms with Crippen LogP contribution in [-0.2, 0) is 31.2 Å². The molecular weight excluding hydrogens is 412 g/mol. The van der Waals surface area contributed by atoms with Crippen molar-refractivity contribution >= 4 is 17.5 Å². The summed E-state index contributed by atoms with van der Waals surface area (Å²) in [4.78, 5) is 17.0. The molecule has 3 rings (SSSR count). The monoisotopic (exact) mass is 438 g/mol. The molecule has 0 unspecified atom stereocenters. The first kappa shape index (κ1) is 22.6. The van der Waals surface area contributed by atoms with Crippen molar-refractivity contribution in [2.75, 3.05) is 0 Å². The molecule has 31 heavy (non-hydrogen) atoms. The number of nitrogens with zero attached hydrogens (tertiary/aromatic N) is 5. The van der Waals surface area contributed by atoms with E-state index in [1.165, 1.54) is 0 Å². The highest BCUT2D eigenvalue weighted by molar-refractivity contribution is 6.32. The molecule has 0 aliphatic heterocycles. The van der Waals surface area contributed by atoms with Gasteiger partial charge in [0.2, 0.25) is 5.91 Å². The number of amides is 1. The molecule has 0 aliphatic rings. The lowest BCUT2D eigenvalue weighted by molar-refractivity contribution is -0.121. The molecule has 0 saturated heterocycles. The largest absolute Gasteiger partial charge is 0.351 e. The van der Waals surface area contributed by atoms with Gasteiger partial charge in [-0.1, -0.05) is 31.0 Å². The Labute approximate surface area is 187 Å². The van der Waals surface area contributed by atoms with Gasteiger partial charge in [-0.15, -0.1) is 0 Å². The van der Waals surface area contributed by atoms with E-state index in [2.05, 4.69) is 28.4 Å². The molecule has 1 aromatic carbocycles. The summed E-state index contributed by atoms with van der Waals surface area (Å²) in [7, 11) is 1.97. The SMILES string of the molecule is CCCCc1nc(CC(=O)N[C@@H](C)Cn2ccc(-c3ccc(C#N)c(Cl)c3)n2)cn1C. The molecule has 1 amide bonds. The Morgan fingerprint density at radius 2 is 2.16 bits per heavy atom. The molecule has 3 aromatic rings. The second-order valence-corrected chi connectivity index (χ2v) is 8.14. The molecule has 0 bridgehead atoms. The van der Waals surface area contributed by atoms with E-state index in [1.807, 2.05) is 43.1 Å². The van der Waals surface area contributed by atoms with Crippen molar-refractivity contribution in [3.63, 3.8) is 0 Å². The van der Waals surface area contributed by atoms with Crippen molar-refractivity contribution in [1.82, 2.24) is 24.6 Å². The lowest BCUT2D eigenvalue weighted by Gasteiger charge is -2.13. The maximum absolute atomic E-state index is 12.4. The van der Waals surface area contributed by atoms with E-state index >= 15 is 0 Å². The molecule has 7 nitrogen and oxygen atoms in total. The Hall–Kier alpha value is -3.11. The number of rotatable bonds is 9. The Bertz CT molecular complexity index is 1090. The minimum atomic E-state index is -0.0897. The highest BCUT2D eigenvalue weighted by Gasteiger charge is 2.13. The number of hydrogen-bond donors (Lipinski definition) is 1. The van der Waals surface area contributed by atoms with Gasteiger partial charge in [-0.2, -0.15) is 10.4 Å². The molecule has 162 valence electrons. The average Bonchev–Trinajstić information content (AvgIpc) is 3.32. The van der Waals surface area contributed by atoms with Gasteiger partial charge >= 0.3 is 0 Å². The van der Waals surface area contributed by atoms with E-state index in [-0.39, 0.29) is 18.4 Å². The highest BCUT2D eigenvalue weighted by atomic mass is 35.5. The van der Waals surface area contributed by atoms with E-state index < -0.39 is 0 Å². The molecule has 1 N–H and O–H groups in total. The maximum Gasteiger partial charge on any atom is 0.226 e. The van der Waals surface area contributed by atoms with Crippen LogP contribution in [0.15, 0.2) is 36.7 Å². The van der Waals surface area contributed by atoms with Gasteiger partial charge in [-0.3, -0.25) is 9.48 Å². The number of benzene rings is 1. The molecule has 0 aliphatic carbocycles. The fraction of sp³-hybridized carbons (Fsp3) is 0.391. The van der Waals surface area contributed by atoms with Crippen LogP contribution in [0.4, 0.5) is 0 Å². The molecule has 1 atom stereocenters. The number of hydrogen-bond acceptors (Lipinski definition) is 4. The minimum absolute atomic E-state index is 0.0566. The number of aryl methyl sites for hydroxylation is 2. The van der Waals surface area contributed by atoms with Crippen LogP contribution in [0.5, 0.6) is 0 Å². The Kier molecular flexibility index (Phi) is 7.48. The third-order valence-electron chi connectivity index (χ3n) is 5.01. The fourth-order valence-electron chi connectivity index (χ4n) is 3.42. The van der Waals surface area contributed by atoms with Crippen LogP contribution in [-0.4, -0.2) is 31.3 Å². The first-order valence-corrected chi connectivity index (χ1v) is 10.8. The van der Waals surface area contributed by atoms with Gasteiger partial charge in [0, 0.05) is 37.5 Å². The van der Waals surface area contributed by atoms with Crippen LogP contribution in [0.1, 0.15) is 43.8 Å². The smallest absolute Gasteiger partial charge is 0.226 e. The van der Waals surface area contributed by atoms with Gasteiger partial charge in [0.15, 0.2) is 0 Å². The Balaban J connectivity index is 1.55. The summed E-state index contributed by atoms with van der Waals surface area (Å²) in [6, 6.07) is 9.09. The third kappa shape index (κ3) is 5.96. The molecular formula is C23H27ClN6O. The second-order valence-electron chi connectivity index (χ2n) is 7.74. The first-order chi connectivity index (χ1) is 14.9. The Morgan fingerprint density at radius 3 is 2.87 bits per heavy atom. The summed E-state index contributed by atoms with van der Waals surface area (Å²) < 4.78 is 3.79. The quantitative estimate of drug-likeness (QED) is 0.548. The van der Waals surface area contributed by atoms with E-state index in [4.69, 9.17) is 16.9 Å². The van der Waals surface area contributed by atoms with Crippen molar-refractivity contribution in [1.29, 1.82) is 5.26 Å². The zero-order valence-corrected chi connectivity index (χ0v) is 18.9. The van der Waals surface area contributed by atoms with Crippen LogP contribution >= 0.6 is 11.6 Å². The van der Waals surface area contributed by atoms with Crippen LogP contribution in [0.2, 0.25) is 5.02 Å². The zero-order valence-electron chi connectivity index (χ0n) is 18.1. The zero-order chi connectivity index (χ0) is 22.4. The van der Waals surface area contributed by atoms with Gasteiger partial charge in [0.25, 0.3) is 0 Å². The van der Waals surface area contributed by atoms with Gasteiger partial charge in [0.1, 0.15) is 11.9 Å². The van der Waals surface area contributed by atoms with Crippen molar-refractivity contribution in [2.24, 2.45) is 7.05 Å². The summed E-state index contributed by atoms with van der Waals surface area (Å²) >= 11 is 6.12. The maximum atomic E-state index is 12.4. The van der Waals surface area contributed by atoms with Gasteiger partial charge in [-0.25, -0.2) is 4.98 Å². The van der Waals surface area contributed by atoms with Crippen molar-refractivity contribution in [3.05, 3.63) is 58.8 Å². The Morgan fingerprint density at radius 1 is 1.35 bits per heavy atom. The van der Waals surface area contributed by atoms with E-state index in [0.29, 0.717) is 17.1 Å². The summed E-state index contributed by atoms with van der Waals surface area (Å²) in [6.07, 6.45) is 7.19. The van der Waals surface area contributed by atoms with E-state index in [0.717, 1.165) is 42.0 Å². The second kappa shape index (κ2) is 10.3. The number of carbonyl (C=O) groups excluding carboxylic acids is 1.